The topological polar surface area (TPSA) is 45.1 Å². The Bertz CT molecular complexity index is 405. The Morgan fingerprint density at radius 3 is 2.80 bits per heavy atom. The van der Waals surface area contributed by atoms with Gasteiger partial charge in [0.15, 0.2) is 0 Å². The van der Waals surface area contributed by atoms with E-state index in [-0.39, 0.29) is 0 Å². The first-order chi connectivity index (χ1) is 9.86. The molecule has 1 aromatic heterocycles. The molecule has 0 radical (unpaired) electrons. The number of nitrogens with one attached hydrogen (secondary N) is 1. The Morgan fingerprint density at radius 1 is 1.20 bits per heavy atom. The van der Waals surface area contributed by atoms with Crippen LogP contribution in [-0.4, -0.2) is 22.7 Å². The SMILES string of the molecule is OCCC(NCc1nc2c(s1)CCC2)C1CCCCC1. The van der Waals surface area contributed by atoms with E-state index in [0.717, 1.165) is 18.9 Å². The van der Waals surface area contributed by atoms with Gasteiger partial charge < -0.3 is 10.4 Å². The van der Waals surface area contributed by atoms with Crippen molar-refractivity contribution in [2.24, 2.45) is 5.92 Å². The zero-order valence-corrected chi connectivity index (χ0v) is 13.1. The Morgan fingerprint density at radius 2 is 2.05 bits per heavy atom. The number of hydrogen-bond acceptors (Lipinski definition) is 4. The van der Waals surface area contributed by atoms with Crippen molar-refractivity contribution in [1.29, 1.82) is 0 Å². The van der Waals surface area contributed by atoms with E-state index in [1.165, 1.54) is 66.9 Å². The van der Waals surface area contributed by atoms with Crippen LogP contribution in [0.3, 0.4) is 0 Å². The maximum Gasteiger partial charge on any atom is 0.107 e. The van der Waals surface area contributed by atoms with Gasteiger partial charge in [-0.1, -0.05) is 19.3 Å². The maximum absolute atomic E-state index is 9.31. The highest BCUT2D eigenvalue weighted by atomic mass is 32.1. The summed E-state index contributed by atoms with van der Waals surface area (Å²) in [6.07, 6.45) is 11.3. The van der Waals surface area contributed by atoms with Crippen molar-refractivity contribution in [3.8, 4) is 0 Å². The number of rotatable bonds is 6. The first-order valence-electron chi connectivity index (χ1n) is 8.18. The summed E-state index contributed by atoms with van der Waals surface area (Å²) in [6.45, 7) is 1.18. The van der Waals surface area contributed by atoms with Gasteiger partial charge in [0.05, 0.1) is 5.69 Å². The standard InChI is InChI=1S/C16H26N2OS/c19-10-9-13(12-5-2-1-3-6-12)17-11-16-18-14-7-4-8-15(14)20-16/h12-13,17,19H,1-11H2. The highest BCUT2D eigenvalue weighted by Crippen LogP contribution is 2.29. The largest absolute Gasteiger partial charge is 0.396 e. The van der Waals surface area contributed by atoms with Crippen molar-refractivity contribution in [3.63, 3.8) is 0 Å². The average Bonchev–Trinajstić information content (AvgIpc) is 3.05. The number of fused-ring (bicyclic) bond motifs is 1. The molecule has 4 heteroatoms. The van der Waals surface area contributed by atoms with Crippen molar-refractivity contribution >= 4 is 11.3 Å². The fourth-order valence-corrected chi connectivity index (χ4v) is 4.83. The molecule has 1 atom stereocenters. The molecule has 1 fully saturated rings. The summed E-state index contributed by atoms with van der Waals surface area (Å²) in [5.41, 5.74) is 1.35. The molecule has 0 aromatic carbocycles. The number of aromatic nitrogens is 1. The first-order valence-corrected chi connectivity index (χ1v) is 9.00. The Kier molecular flexibility index (Phi) is 5.08. The van der Waals surface area contributed by atoms with Crippen molar-refractivity contribution < 1.29 is 5.11 Å². The molecule has 0 bridgehead atoms. The zero-order chi connectivity index (χ0) is 13.8. The number of thiazole rings is 1. The average molecular weight is 294 g/mol. The highest BCUT2D eigenvalue weighted by molar-refractivity contribution is 7.11. The second-order valence-electron chi connectivity index (χ2n) is 6.23. The minimum Gasteiger partial charge on any atom is -0.396 e. The summed E-state index contributed by atoms with van der Waals surface area (Å²) in [5, 5.41) is 14.2. The first kappa shape index (κ1) is 14.5. The van der Waals surface area contributed by atoms with Crippen LogP contribution in [0.5, 0.6) is 0 Å². The quantitative estimate of drug-likeness (QED) is 0.847. The van der Waals surface area contributed by atoms with Crippen molar-refractivity contribution in [2.45, 2.75) is 70.4 Å². The monoisotopic (exact) mass is 294 g/mol. The summed E-state index contributed by atoms with van der Waals surface area (Å²) >= 11 is 1.89. The van der Waals surface area contributed by atoms with Gasteiger partial charge in [0.25, 0.3) is 0 Å². The van der Waals surface area contributed by atoms with Crippen LogP contribution in [0.1, 0.15) is 60.5 Å². The smallest absolute Gasteiger partial charge is 0.107 e. The molecule has 1 saturated carbocycles. The predicted octanol–water partition coefficient (Wildman–Crippen LogP) is 3.05. The maximum atomic E-state index is 9.31. The molecule has 20 heavy (non-hydrogen) atoms. The molecular formula is C16H26N2OS. The van der Waals surface area contributed by atoms with Gasteiger partial charge in [-0.05, 0) is 44.4 Å². The summed E-state index contributed by atoms with van der Waals surface area (Å²) in [4.78, 5) is 6.27. The van der Waals surface area contributed by atoms with E-state index in [9.17, 15) is 5.11 Å². The van der Waals surface area contributed by atoms with Gasteiger partial charge in [-0.3, -0.25) is 0 Å². The zero-order valence-electron chi connectivity index (χ0n) is 12.2. The van der Waals surface area contributed by atoms with Gasteiger partial charge >= 0.3 is 0 Å². The molecule has 3 rings (SSSR count). The molecule has 112 valence electrons. The van der Waals surface area contributed by atoms with Crippen molar-refractivity contribution in [3.05, 3.63) is 15.6 Å². The third kappa shape index (κ3) is 3.41. The predicted molar refractivity (Wildman–Crippen MR) is 83.0 cm³/mol. The molecule has 2 aliphatic carbocycles. The lowest BCUT2D eigenvalue weighted by atomic mass is 9.83. The minimum absolute atomic E-state index is 0.294. The van der Waals surface area contributed by atoms with E-state index in [4.69, 9.17) is 4.98 Å². The second-order valence-corrected chi connectivity index (χ2v) is 7.40. The van der Waals surface area contributed by atoms with Crippen LogP contribution in [0.15, 0.2) is 0 Å². The molecule has 0 spiro atoms. The third-order valence-electron chi connectivity index (χ3n) is 4.81. The van der Waals surface area contributed by atoms with Gasteiger partial charge in [-0.15, -0.1) is 11.3 Å². The van der Waals surface area contributed by atoms with Gasteiger partial charge in [-0.2, -0.15) is 0 Å². The van der Waals surface area contributed by atoms with E-state index < -0.39 is 0 Å². The summed E-state index contributed by atoms with van der Waals surface area (Å²) in [6, 6.07) is 0.471. The Balaban J connectivity index is 1.55. The molecule has 1 unspecified atom stereocenters. The van der Waals surface area contributed by atoms with Crippen LogP contribution in [0.4, 0.5) is 0 Å². The minimum atomic E-state index is 0.294. The van der Waals surface area contributed by atoms with E-state index in [2.05, 4.69) is 5.32 Å². The van der Waals surface area contributed by atoms with E-state index >= 15 is 0 Å². The van der Waals surface area contributed by atoms with Gasteiger partial charge in [0.1, 0.15) is 5.01 Å². The van der Waals surface area contributed by atoms with Crippen LogP contribution < -0.4 is 5.32 Å². The normalized spacial score (nSPS) is 21.1. The molecular weight excluding hydrogens is 268 g/mol. The number of aryl methyl sites for hydroxylation is 2. The number of aliphatic hydroxyl groups is 1. The van der Waals surface area contributed by atoms with Crippen LogP contribution in [0, 0.1) is 5.92 Å². The molecule has 1 aromatic rings. The second kappa shape index (κ2) is 7.01. The lowest BCUT2D eigenvalue weighted by molar-refractivity contribution is 0.205. The number of hydrogen-bond donors (Lipinski definition) is 2. The molecule has 2 N–H and O–H groups in total. The van der Waals surface area contributed by atoms with Gasteiger partial charge in [0, 0.05) is 24.1 Å². The lowest BCUT2D eigenvalue weighted by Gasteiger charge is -2.30. The number of aliphatic hydroxyl groups excluding tert-OH is 1. The summed E-state index contributed by atoms with van der Waals surface area (Å²) < 4.78 is 0. The van der Waals surface area contributed by atoms with Gasteiger partial charge in [-0.25, -0.2) is 4.98 Å². The molecule has 2 aliphatic rings. The molecule has 1 heterocycles. The summed E-state index contributed by atoms with van der Waals surface area (Å²) in [5.74, 6) is 0.753. The fraction of sp³-hybridized carbons (Fsp3) is 0.812. The van der Waals surface area contributed by atoms with E-state index in [1.807, 2.05) is 11.3 Å². The molecule has 0 aliphatic heterocycles. The Labute approximate surface area is 125 Å². The van der Waals surface area contributed by atoms with Gasteiger partial charge in [0.2, 0.25) is 0 Å². The third-order valence-corrected chi connectivity index (χ3v) is 5.97. The van der Waals surface area contributed by atoms with Crippen molar-refractivity contribution in [2.75, 3.05) is 6.61 Å². The van der Waals surface area contributed by atoms with Crippen LogP contribution in [0.25, 0.3) is 0 Å². The van der Waals surface area contributed by atoms with Crippen molar-refractivity contribution in [1.82, 2.24) is 10.3 Å². The van der Waals surface area contributed by atoms with Crippen LogP contribution in [0.2, 0.25) is 0 Å². The van der Waals surface area contributed by atoms with E-state index in [0.29, 0.717) is 12.6 Å². The van der Waals surface area contributed by atoms with E-state index in [1.54, 1.807) is 0 Å². The Hall–Kier alpha value is -0.450. The molecule has 0 saturated heterocycles. The molecule has 0 amide bonds. The number of nitrogens with zero attached hydrogens (tertiary/aromatic N) is 1. The molecule has 3 nitrogen and oxygen atoms in total. The van der Waals surface area contributed by atoms with Crippen LogP contribution >= 0.6 is 11.3 Å². The summed E-state index contributed by atoms with van der Waals surface area (Å²) in [7, 11) is 0. The fourth-order valence-electron chi connectivity index (χ4n) is 3.72. The van der Waals surface area contributed by atoms with Crippen LogP contribution in [-0.2, 0) is 19.4 Å². The highest BCUT2D eigenvalue weighted by Gasteiger charge is 2.23. The lowest BCUT2D eigenvalue weighted by Crippen LogP contribution is -2.37.